The molecule has 0 saturated heterocycles. The number of hydrogen-bond donors (Lipinski definition) is 2. The third-order valence-corrected chi connectivity index (χ3v) is 2.34. The van der Waals surface area contributed by atoms with Crippen molar-refractivity contribution in [3.63, 3.8) is 0 Å². The van der Waals surface area contributed by atoms with Gasteiger partial charge in [0.2, 0.25) is 0 Å². The van der Waals surface area contributed by atoms with E-state index in [9.17, 15) is 0 Å². The quantitative estimate of drug-likeness (QED) is 0.640. The Morgan fingerprint density at radius 3 is 3.17 bits per heavy atom. The lowest BCUT2D eigenvalue weighted by Gasteiger charge is -2.23. The zero-order chi connectivity index (χ0) is 8.55. The van der Waals surface area contributed by atoms with E-state index in [2.05, 4.69) is 5.32 Å². The number of fused-ring (bicyclic) bond motifs is 1. The molecule has 3 heteroatoms. The lowest BCUT2D eigenvalue weighted by molar-refractivity contribution is 0.679. The van der Waals surface area contributed by atoms with Gasteiger partial charge in [-0.2, -0.15) is 0 Å². The number of nitrogens with two attached hydrogens (primary N) is 1. The number of halogens is 1. The fraction of sp³-hybridized carbons (Fsp3) is 0.333. The second-order valence-corrected chi connectivity index (χ2v) is 3.58. The molecule has 0 unspecified atom stereocenters. The molecule has 0 aromatic heterocycles. The van der Waals surface area contributed by atoms with Gasteiger partial charge in [-0.25, -0.2) is 0 Å². The number of benzene rings is 1. The zero-order valence-electron chi connectivity index (χ0n) is 6.68. The molecule has 0 radical (unpaired) electrons. The van der Waals surface area contributed by atoms with Gasteiger partial charge < -0.3 is 11.1 Å². The highest BCUT2D eigenvalue weighted by Crippen LogP contribution is 2.24. The van der Waals surface area contributed by atoms with Crippen molar-refractivity contribution in [2.45, 2.75) is 12.5 Å². The second-order valence-electron chi connectivity index (χ2n) is 3.15. The molecule has 0 spiro atoms. The average molecular weight is 183 g/mol. The lowest BCUT2D eigenvalue weighted by Crippen LogP contribution is -2.35. The largest absolute Gasteiger partial charge is 0.383 e. The first-order valence-corrected chi connectivity index (χ1v) is 4.41. The number of anilines is 1. The van der Waals surface area contributed by atoms with Crippen LogP contribution in [0.4, 0.5) is 5.69 Å². The summed E-state index contributed by atoms with van der Waals surface area (Å²) in [7, 11) is 0. The van der Waals surface area contributed by atoms with Gasteiger partial charge in [-0.15, -0.1) is 0 Å². The first-order valence-electron chi connectivity index (χ1n) is 4.03. The Hall–Kier alpha value is -0.730. The monoisotopic (exact) mass is 182 g/mol. The van der Waals surface area contributed by atoms with Crippen molar-refractivity contribution < 1.29 is 0 Å². The van der Waals surface area contributed by atoms with Crippen molar-refractivity contribution in [1.82, 2.24) is 0 Å². The molecule has 0 saturated carbocycles. The second kappa shape index (κ2) is 2.96. The van der Waals surface area contributed by atoms with Crippen LogP contribution in [0.5, 0.6) is 0 Å². The Bertz CT molecular complexity index is 299. The van der Waals surface area contributed by atoms with Crippen molar-refractivity contribution in [1.29, 1.82) is 0 Å². The molecule has 1 aromatic carbocycles. The highest BCUT2D eigenvalue weighted by Gasteiger charge is 2.13. The standard InChI is InChI=1S/C9H11ClN2/c10-7-2-1-6-3-8(11)5-12-9(6)4-7/h1-2,4,8,12H,3,5,11H2/t8-/m1/s1. The van der Waals surface area contributed by atoms with E-state index in [1.807, 2.05) is 18.2 Å². The molecule has 0 amide bonds. The summed E-state index contributed by atoms with van der Waals surface area (Å²) in [6.07, 6.45) is 0.944. The first kappa shape index (κ1) is 7.90. The normalized spacial score (nSPS) is 21.3. The lowest BCUT2D eigenvalue weighted by atomic mass is 10.0. The molecular weight excluding hydrogens is 172 g/mol. The predicted octanol–water partition coefficient (Wildman–Crippen LogP) is 1.64. The van der Waals surface area contributed by atoms with E-state index >= 15 is 0 Å². The average Bonchev–Trinajstić information content (AvgIpc) is 2.05. The molecular formula is C9H11ClN2. The van der Waals surface area contributed by atoms with Crippen LogP contribution in [-0.4, -0.2) is 12.6 Å². The van der Waals surface area contributed by atoms with Crippen LogP contribution < -0.4 is 11.1 Å². The number of hydrogen-bond acceptors (Lipinski definition) is 2. The van der Waals surface area contributed by atoms with Gasteiger partial charge in [0.25, 0.3) is 0 Å². The Morgan fingerprint density at radius 1 is 1.50 bits per heavy atom. The summed E-state index contributed by atoms with van der Waals surface area (Å²) in [4.78, 5) is 0. The molecule has 0 fully saturated rings. The van der Waals surface area contributed by atoms with Gasteiger partial charge in [0.05, 0.1) is 0 Å². The van der Waals surface area contributed by atoms with E-state index in [1.165, 1.54) is 5.56 Å². The molecule has 1 heterocycles. The van der Waals surface area contributed by atoms with Crippen molar-refractivity contribution in [2.24, 2.45) is 5.73 Å². The van der Waals surface area contributed by atoms with Gasteiger partial charge in [0, 0.05) is 23.3 Å². The van der Waals surface area contributed by atoms with E-state index in [0.717, 1.165) is 23.7 Å². The van der Waals surface area contributed by atoms with Crippen LogP contribution >= 0.6 is 11.6 Å². The van der Waals surface area contributed by atoms with Gasteiger partial charge >= 0.3 is 0 Å². The summed E-state index contributed by atoms with van der Waals surface area (Å²) in [5.74, 6) is 0. The smallest absolute Gasteiger partial charge is 0.0426 e. The maximum Gasteiger partial charge on any atom is 0.0426 e. The van der Waals surface area contributed by atoms with Gasteiger partial charge in [-0.1, -0.05) is 17.7 Å². The molecule has 12 heavy (non-hydrogen) atoms. The minimum atomic E-state index is 0.235. The maximum atomic E-state index is 5.84. The molecule has 1 aromatic rings. The SMILES string of the molecule is N[C@H]1CNc2cc(Cl)ccc2C1. The molecule has 3 N–H and O–H groups in total. The fourth-order valence-electron chi connectivity index (χ4n) is 1.49. The van der Waals surface area contributed by atoms with E-state index in [1.54, 1.807) is 0 Å². The number of rotatable bonds is 0. The molecule has 0 bridgehead atoms. The summed E-state index contributed by atoms with van der Waals surface area (Å²) < 4.78 is 0. The van der Waals surface area contributed by atoms with Crippen LogP contribution in [0, 0.1) is 0 Å². The summed E-state index contributed by atoms with van der Waals surface area (Å²) in [5.41, 5.74) is 8.18. The predicted molar refractivity (Wildman–Crippen MR) is 51.6 cm³/mol. The molecule has 0 aliphatic carbocycles. The van der Waals surface area contributed by atoms with E-state index in [-0.39, 0.29) is 6.04 Å². The molecule has 2 nitrogen and oxygen atoms in total. The molecule has 2 rings (SSSR count). The third-order valence-electron chi connectivity index (χ3n) is 2.11. The van der Waals surface area contributed by atoms with Gasteiger partial charge in [-0.05, 0) is 24.1 Å². The topological polar surface area (TPSA) is 38.0 Å². The highest BCUT2D eigenvalue weighted by atomic mass is 35.5. The summed E-state index contributed by atoms with van der Waals surface area (Å²) in [6, 6.07) is 6.12. The van der Waals surface area contributed by atoms with Crippen molar-refractivity contribution in [3.8, 4) is 0 Å². The minimum Gasteiger partial charge on any atom is -0.383 e. The molecule has 1 aliphatic rings. The van der Waals surface area contributed by atoms with Crippen LogP contribution in [-0.2, 0) is 6.42 Å². The number of nitrogens with one attached hydrogen (secondary N) is 1. The van der Waals surface area contributed by atoms with Crippen LogP contribution in [0.1, 0.15) is 5.56 Å². The summed E-state index contributed by atoms with van der Waals surface area (Å²) in [6.45, 7) is 0.841. The van der Waals surface area contributed by atoms with Crippen LogP contribution in [0.15, 0.2) is 18.2 Å². The maximum absolute atomic E-state index is 5.84. The highest BCUT2D eigenvalue weighted by molar-refractivity contribution is 6.30. The molecule has 1 aliphatic heterocycles. The Kier molecular flexibility index (Phi) is 1.95. The van der Waals surface area contributed by atoms with E-state index < -0.39 is 0 Å². The third kappa shape index (κ3) is 1.40. The Labute approximate surface area is 76.7 Å². The fourth-order valence-corrected chi connectivity index (χ4v) is 1.66. The van der Waals surface area contributed by atoms with Crippen LogP contribution in [0.3, 0.4) is 0 Å². The van der Waals surface area contributed by atoms with Crippen LogP contribution in [0.2, 0.25) is 5.02 Å². The Balaban J connectivity index is 2.37. The Morgan fingerprint density at radius 2 is 2.33 bits per heavy atom. The van der Waals surface area contributed by atoms with Crippen molar-refractivity contribution in [3.05, 3.63) is 28.8 Å². The molecule has 1 atom stereocenters. The summed E-state index contributed by atoms with van der Waals surface area (Å²) in [5, 5.41) is 4.02. The van der Waals surface area contributed by atoms with Gasteiger partial charge in [0.1, 0.15) is 0 Å². The van der Waals surface area contributed by atoms with E-state index in [0.29, 0.717) is 0 Å². The van der Waals surface area contributed by atoms with Crippen molar-refractivity contribution in [2.75, 3.05) is 11.9 Å². The van der Waals surface area contributed by atoms with Gasteiger partial charge in [-0.3, -0.25) is 0 Å². The minimum absolute atomic E-state index is 0.235. The summed E-state index contributed by atoms with van der Waals surface area (Å²) >= 11 is 5.84. The first-order chi connectivity index (χ1) is 5.75. The van der Waals surface area contributed by atoms with E-state index in [4.69, 9.17) is 17.3 Å². The van der Waals surface area contributed by atoms with Crippen molar-refractivity contribution >= 4 is 17.3 Å². The molecule has 64 valence electrons. The van der Waals surface area contributed by atoms with Crippen LogP contribution in [0.25, 0.3) is 0 Å². The zero-order valence-corrected chi connectivity index (χ0v) is 7.43. The van der Waals surface area contributed by atoms with Gasteiger partial charge in [0.15, 0.2) is 0 Å².